The number of hydrogen-bond acceptors (Lipinski definition) is 4. The van der Waals surface area contributed by atoms with Gasteiger partial charge in [-0.15, -0.1) is 0 Å². The molecular formula is C13H19NO3S. The van der Waals surface area contributed by atoms with Crippen LogP contribution in [-0.2, 0) is 16.3 Å². The highest BCUT2D eigenvalue weighted by Gasteiger charge is 2.29. The maximum absolute atomic E-state index is 11.2. The summed E-state index contributed by atoms with van der Waals surface area (Å²) in [5.74, 6) is 1.11. The number of para-hydroxylation sites is 1. The van der Waals surface area contributed by atoms with Crippen LogP contribution in [0.1, 0.15) is 12.0 Å². The van der Waals surface area contributed by atoms with Gasteiger partial charge in [0.2, 0.25) is 0 Å². The van der Waals surface area contributed by atoms with E-state index in [1.807, 2.05) is 25.2 Å². The molecule has 0 aromatic heterocycles. The fourth-order valence-electron chi connectivity index (χ4n) is 2.29. The number of ether oxygens (including phenoxy) is 1. The Labute approximate surface area is 108 Å². The first-order chi connectivity index (χ1) is 8.49. The van der Waals surface area contributed by atoms with Crippen LogP contribution in [-0.4, -0.2) is 39.6 Å². The zero-order chi connectivity index (χ0) is 13.2. The van der Waals surface area contributed by atoms with Crippen molar-refractivity contribution < 1.29 is 13.2 Å². The lowest BCUT2D eigenvalue weighted by atomic mass is 10.0. The van der Waals surface area contributed by atoms with Crippen LogP contribution in [0.15, 0.2) is 24.3 Å². The zero-order valence-electron chi connectivity index (χ0n) is 10.7. The molecule has 5 heteroatoms. The van der Waals surface area contributed by atoms with E-state index in [9.17, 15) is 8.42 Å². The zero-order valence-corrected chi connectivity index (χ0v) is 11.5. The first kappa shape index (κ1) is 13.4. The van der Waals surface area contributed by atoms with Crippen LogP contribution in [0.25, 0.3) is 0 Å². The maximum Gasteiger partial charge on any atom is 0.147 e. The van der Waals surface area contributed by atoms with Crippen LogP contribution < -0.4 is 10.1 Å². The standard InChI is InChI=1S/C13H19NO3S/c1-14-11(7-8-18(2,15)16)13-9-10-5-3-4-6-12(10)17-13/h3-6,11,13-14H,7-9H2,1-2H3. The van der Waals surface area contributed by atoms with Crippen molar-refractivity contribution in [3.8, 4) is 5.75 Å². The molecule has 0 saturated heterocycles. The summed E-state index contributed by atoms with van der Waals surface area (Å²) in [4.78, 5) is 0. The summed E-state index contributed by atoms with van der Waals surface area (Å²) < 4.78 is 28.3. The molecule has 0 amide bonds. The van der Waals surface area contributed by atoms with Crippen LogP contribution in [0, 0.1) is 0 Å². The predicted octanol–water partition coefficient (Wildman–Crippen LogP) is 1.01. The molecule has 1 aromatic rings. The Hall–Kier alpha value is -1.07. The predicted molar refractivity (Wildman–Crippen MR) is 71.7 cm³/mol. The van der Waals surface area contributed by atoms with E-state index >= 15 is 0 Å². The summed E-state index contributed by atoms with van der Waals surface area (Å²) in [6, 6.07) is 8.02. The smallest absolute Gasteiger partial charge is 0.147 e. The second-order valence-corrected chi connectivity index (χ2v) is 7.04. The minimum Gasteiger partial charge on any atom is -0.488 e. The van der Waals surface area contributed by atoms with Gasteiger partial charge in [0.1, 0.15) is 21.7 Å². The van der Waals surface area contributed by atoms with E-state index in [1.54, 1.807) is 0 Å². The average molecular weight is 269 g/mol. The van der Waals surface area contributed by atoms with Crippen molar-refractivity contribution in [1.82, 2.24) is 5.32 Å². The number of hydrogen-bond donors (Lipinski definition) is 1. The van der Waals surface area contributed by atoms with Crippen molar-refractivity contribution >= 4 is 9.84 Å². The molecule has 1 aliphatic heterocycles. The number of likely N-dealkylation sites (N-methyl/N-ethyl adjacent to an activating group) is 1. The molecule has 18 heavy (non-hydrogen) atoms. The van der Waals surface area contributed by atoms with Crippen molar-refractivity contribution in [1.29, 1.82) is 0 Å². The van der Waals surface area contributed by atoms with Gasteiger partial charge in [-0.1, -0.05) is 18.2 Å². The van der Waals surface area contributed by atoms with Crippen molar-refractivity contribution in [2.45, 2.75) is 25.0 Å². The fraction of sp³-hybridized carbons (Fsp3) is 0.538. The van der Waals surface area contributed by atoms with Gasteiger partial charge in [-0.2, -0.15) is 0 Å². The molecule has 0 radical (unpaired) electrons. The molecule has 4 nitrogen and oxygen atoms in total. The summed E-state index contributed by atoms with van der Waals surface area (Å²) in [5.41, 5.74) is 1.20. The first-order valence-electron chi connectivity index (χ1n) is 6.09. The Kier molecular flexibility index (Phi) is 3.92. The second-order valence-electron chi connectivity index (χ2n) is 4.78. The molecule has 1 aromatic carbocycles. The molecule has 0 fully saturated rings. The fourth-order valence-corrected chi connectivity index (χ4v) is 2.97. The van der Waals surface area contributed by atoms with Crippen molar-refractivity contribution in [2.24, 2.45) is 0 Å². The molecule has 1 N–H and O–H groups in total. The SMILES string of the molecule is CNC(CCS(C)(=O)=O)C1Cc2ccccc2O1. The minimum absolute atomic E-state index is 0.0224. The summed E-state index contributed by atoms with van der Waals surface area (Å²) in [6.45, 7) is 0. The first-order valence-corrected chi connectivity index (χ1v) is 8.15. The Bertz CT molecular complexity index is 488. The number of sulfone groups is 1. The molecule has 0 bridgehead atoms. The van der Waals surface area contributed by atoms with Gasteiger partial charge in [0.15, 0.2) is 0 Å². The van der Waals surface area contributed by atoms with Gasteiger partial charge in [0, 0.05) is 18.7 Å². The van der Waals surface area contributed by atoms with Crippen LogP contribution in [0.3, 0.4) is 0 Å². The van der Waals surface area contributed by atoms with Crippen LogP contribution >= 0.6 is 0 Å². The second kappa shape index (κ2) is 5.28. The highest BCUT2D eigenvalue weighted by Crippen LogP contribution is 2.30. The van der Waals surface area contributed by atoms with E-state index in [2.05, 4.69) is 11.4 Å². The van der Waals surface area contributed by atoms with Crippen LogP contribution in [0.5, 0.6) is 5.75 Å². The van der Waals surface area contributed by atoms with Gasteiger partial charge in [0.05, 0.1) is 5.75 Å². The molecule has 0 spiro atoms. The maximum atomic E-state index is 11.2. The van der Waals surface area contributed by atoms with Crippen molar-refractivity contribution in [3.05, 3.63) is 29.8 Å². The monoisotopic (exact) mass is 269 g/mol. The quantitative estimate of drug-likeness (QED) is 0.867. The third-order valence-electron chi connectivity index (χ3n) is 3.29. The Balaban J connectivity index is 2.00. The number of nitrogens with one attached hydrogen (secondary N) is 1. The summed E-state index contributed by atoms with van der Waals surface area (Å²) in [5, 5.41) is 3.16. The van der Waals surface area contributed by atoms with Gasteiger partial charge in [0.25, 0.3) is 0 Å². The molecule has 1 aliphatic rings. The van der Waals surface area contributed by atoms with E-state index in [0.29, 0.717) is 6.42 Å². The molecule has 2 rings (SSSR count). The minimum atomic E-state index is -2.92. The van der Waals surface area contributed by atoms with Gasteiger partial charge < -0.3 is 10.1 Å². The molecule has 2 unspecified atom stereocenters. The molecule has 0 aliphatic carbocycles. The summed E-state index contributed by atoms with van der Waals surface area (Å²) in [6.07, 6.45) is 2.71. The van der Waals surface area contributed by atoms with E-state index in [-0.39, 0.29) is 17.9 Å². The molecule has 0 saturated carbocycles. The molecule has 2 atom stereocenters. The topological polar surface area (TPSA) is 55.4 Å². The molecule has 1 heterocycles. The van der Waals surface area contributed by atoms with E-state index in [1.165, 1.54) is 11.8 Å². The van der Waals surface area contributed by atoms with Crippen LogP contribution in [0.4, 0.5) is 0 Å². The highest BCUT2D eigenvalue weighted by atomic mass is 32.2. The Morgan fingerprint density at radius 1 is 1.44 bits per heavy atom. The lowest BCUT2D eigenvalue weighted by Gasteiger charge is -2.22. The average Bonchev–Trinajstić information content (AvgIpc) is 2.71. The lowest BCUT2D eigenvalue weighted by molar-refractivity contribution is 0.180. The molecule has 100 valence electrons. The number of rotatable bonds is 5. The lowest BCUT2D eigenvalue weighted by Crippen LogP contribution is -2.41. The van der Waals surface area contributed by atoms with Gasteiger partial charge in [-0.05, 0) is 25.1 Å². The Morgan fingerprint density at radius 3 is 2.78 bits per heavy atom. The van der Waals surface area contributed by atoms with Crippen molar-refractivity contribution in [3.63, 3.8) is 0 Å². The van der Waals surface area contributed by atoms with E-state index in [0.717, 1.165) is 12.2 Å². The summed E-state index contributed by atoms with van der Waals surface area (Å²) in [7, 11) is -1.08. The van der Waals surface area contributed by atoms with Gasteiger partial charge in [-0.3, -0.25) is 0 Å². The molecular weight excluding hydrogens is 250 g/mol. The van der Waals surface area contributed by atoms with Crippen molar-refractivity contribution in [2.75, 3.05) is 19.1 Å². The third kappa shape index (κ3) is 3.23. The van der Waals surface area contributed by atoms with Crippen LogP contribution in [0.2, 0.25) is 0 Å². The summed E-state index contributed by atoms with van der Waals surface area (Å²) >= 11 is 0. The third-order valence-corrected chi connectivity index (χ3v) is 4.27. The van der Waals surface area contributed by atoms with E-state index in [4.69, 9.17) is 4.74 Å². The normalized spacial score (nSPS) is 20.2. The van der Waals surface area contributed by atoms with Gasteiger partial charge >= 0.3 is 0 Å². The highest BCUT2D eigenvalue weighted by molar-refractivity contribution is 7.90. The number of benzene rings is 1. The van der Waals surface area contributed by atoms with Gasteiger partial charge in [-0.25, -0.2) is 8.42 Å². The van der Waals surface area contributed by atoms with E-state index < -0.39 is 9.84 Å². The largest absolute Gasteiger partial charge is 0.488 e. The Morgan fingerprint density at radius 2 is 2.17 bits per heavy atom. The number of fused-ring (bicyclic) bond motifs is 1.